The summed E-state index contributed by atoms with van der Waals surface area (Å²) in [5.41, 5.74) is 0.379. The van der Waals surface area contributed by atoms with Gasteiger partial charge in [0.2, 0.25) is 0 Å². The molecule has 0 aliphatic heterocycles. The van der Waals surface area contributed by atoms with Crippen LogP contribution < -0.4 is 10.1 Å². The lowest BCUT2D eigenvalue weighted by Crippen LogP contribution is -2.21. The highest BCUT2D eigenvalue weighted by Crippen LogP contribution is 2.27. The van der Waals surface area contributed by atoms with E-state index in [4.69, 9.17) is 21.1 Å². The number of carbonyl (C=O) groups excluding carboxylic acids is 3. The van der Waals surface area contributed by atoms with E-state index in [9.17, 15) is 14.4 Å². The van der Waals surface area contributed by atoms with Gasteiger partial charge < -0.3 is 14.8 Å². The van der Waals surface area contributed by atoms with E-state index in [1.54, 1.807) is 29.6 Å². The number of methoxy groups -OCH3 is 1. The van der Waals surface area contributed by atoms with Gasteiger partial charge in [0.1, 0.15) is 5.75 Å². The first-order valence-corrected chi connectivity index (χ1v) is 8.61. The molecule has 2 rings (SSSR count). The molecule has 0 saturated carbocycles. The molecule has 2 aromatic rings. The Balaban J connectivity index is 1.77. The summed E-state index contributed by atoms with van der Waals surface area (Å²) in [5.74, 6) is -0.831. The second kappa shape index (κ2) is 9.19. The lowest BCUT2D eigenvalue weighted by atomic mass is 10.2. The second-order valence-corrected chi connectivity index (χ2v) is 6.34. The zero-order valence-corrected chi connectivity index (χ0v) is 15.0. The number of carbonyl (C=O) groups is 3. The predicted molar refractivity (Wildman–Crippen MR) is 95.5 cm³/mol. The Morgan fingerprint density at radius 1 is 1.20 bits per heavy atom. The van der Waals surface area contributed by atoms with Crippen LogP contribution >= 0.6 is 22.9 Å². The number of hydrogen-bond acceptors (Lipinski definition) is 6. The van der Waals surface area contributed by atoms with E-state index in [1.165, 1.54) is 24.5 Å². The highest BCUT2D eigenvalue weighted by molar-refractivity contribution is 7.12. The molecule has 0 spiro atoms. The fourth-order valence-corrected chi connectivity index (χ4v) is 2.82. The number of hydrogen-bond donors (Lipinski definition) is 1. The Morgan fingerprint density at radius 3 is 2.68 bits per heavy atom. The van der Waals surface area contributed by atoms with Gasteiger partial charge >= 0.3 is 5.97 Å². The Labute approximate surface area is 153 Å². The average molecular weight is 382 g/mol. The van der Waals surface area contributed by atoms with Crippen LogP contribution in [0.1, 0.15) is 22.5 Å². The van der Waals surface area contributed by atoms with Crippen molar-refractivity contribution in [3.63, 3.8) is 0 Å². The van der Waals surface area contributed by atoms with Gasteiger partial charge in [0.05, 0.1) is 24.1 Å². The van der Waals surface area contributed by atoms with E-state index >= 15 is 0 Å². The topological polar surface area (TPSA) is 81.7 Å². The summed E-state index contributed by atoms with van der Waals surface area (Å²) in [4.78, 5) is 35.9. The van der Waals surface area contributed by atoms with Crippen molar-refractivity contribution in [3.8, 4) is 5.75 Å². The maximum absolute atomic E-state index is 11.9. The van der Waals surface area contributed by atoms with Crippen molar-refractivity contribution >= 4 is 46.3 Å². The minimum Gasteiger partial charge on any atom is -0.495 e. The van der Waals surface area contributed by atoms with Crippen LogP contribution in [0.3, 0.4) is 0 Å². The van der Waals surface area contributed by atoms with E-state index in [2.05, 4.69) is 5.32 Å². The van der Waals surface area contributed by atoms with Crippen LogP contribution in [0.2, 0.25) is 5.02 Å². The van der Waals surface area contributed by atoms with Crippen LogP contribution in [0.25, 0.3) is 0 Å². The maximum Gasteiger partial charge on any atom is 0.306 e. The number of benzene rings is 1. The fraction of sp³-hybridized carbons (Fsp3) is 0.235. The summed E-state index contributed by atoms with van der Waals surface area (Å²) in [6.45, 7) is -0.457. The van der Waals surface area contributed by atoms with Crippen LogP contribution in [0.4, 0.5) is 5.69 Å². The van der Waals surface area contributed by atoms with Gasteiger partial charge in [-0.25, -0.2) is 0 Å². The monoisotopic (exact) mass is 381 g/mol. The molecule has 0 radical (unpaired) electrons. The lowest BCUT2D eigenvalue weighted by molar-refractivity contribution is -0.147. The molecule has 0 unspecified atom stereocenters. The molecule has 1 aromatic carbocycles. The van der Waals surface area contributed by atoms with Gasteiger partial charge in [-0.1, -0.05) is 17.7 Å². The molecular formula is C17H16ClNO5S. The third-order valence-electron chi connectivity index (χ3n) is 3.15. The first-order valence-electron chi connectivity index (χ1n) is 7.35. The molecular weight excluding hydrogens is 366 g/mol. The highest BCUT2D eigenvalue weighted by Gasteiger charge is 2.13. The van der Waals surface area contributed by atoms with Crippen LogP contribution in [0.5, 0.6) is 5.75 Å². The van der Waals surface area contributed by atoms with E-state index in [1.807, 2.05) is 0 Å². The van der Waals surface area contributed by atoms with E-state index in [0.717, 1.165) is 0 Å². The first-order chi connectivity index (χ1) is 12.0. The van der Waals surface area contributed by atoms with Gasteiger partial charge in [-0.15, -0.1) is 11.3 Å². The number of thiophene rings is 1. The van der Waals surface area contributed by atoms with E-state index in [0.29, 0.717) is 21.3 Å². The van der Waals surface area contributed by atoms with E-state index < -0.39 is 18.5 Å². The molecule has 132 valence electrons. The van der Waals surface area contributed by atoms with Gasteiger partial charge in [0, 0.05) is 11.4 Å². The first kappa shape index (κ1) is 19.0. The maximum atomic E-state index is 11.9. The summed E-state index contributed by atoms with van der Waals surface area (Å²) in [6.07, 6.45) is -0.0341. The molecule has 0 fully saturated rings. The Bertz CT molecular complexity index is 760. The molecule has 25 heavy (non-hydrogen) atoms. The van der Waals surface area contributed by atoms with Crippen molar-refractivity contribution in [1.29, 1.82) is 0 Å². The van der Waals surface area contributed by atoms with Crippen molar-refractivity contribution in [1.82, 2.24) is 0 Å². The normalized spacial score (nSPS) is 10.2. The Morgan fingerprint density at radius 2 is 2.00 bits per heavy atom. The van der Waals surface area contributed by atoms with Gasteiger partial charge in [0.15, 0.2) is 12.4 Å². The predicted octanol–water partition coefficient (Wildman–Crippen LogP) is 3.55. The number of esters is 1. The SMILES string of the molecule is COc1ccc(Cl)cc1NC(=O)COC(=O)CCC(=O)c1cccs1. The average Bonchev–Trinajstić information content (AvgIpc) is 3.13. The number of Topliss-reactive ketones (excluding diaryl/α,β-unsaturated/α-hetero) is 1. The smallest absolute Gasteiger partial charge is 0.306 e. The zero-order valence-electron chi connectivity index (χ0n) is 13.4. The van der Waals surface area contributed by atoms with Crippen molar-refractivity contribution in [2.45, 2.75) is 12.8 Å². The van der Waals surface area contributed by atoms with E-state index in [-0.39, 0.29) is 18.6 Å². The quantitative estimate of drug-likeness (QED) is 0.558. The number of anilines is 1. The largest absolute Gasteiger partial charge is 0.495 e. The number of ketones is 1. The molecule has 1 amide bonds. The molecule has 0 saturated heterocycles. The summed E-state index contributed by atoms with van der Waals surface area (Å²) in [6, 6.07) is 8.23. The molecule has 1 heterocycles. The molecule has 1 aromatic heterocycles. The number of halogens is 1. The van der Waals surface area contributed by atoms with Crippen molar-refractivity contribution in [3.05, 3.63) is 45.6 Å². The molecule has 0 aliphatic carbocycles. The minimum absolute atomic E-state index is 0.0447. The Hall–Kier alpha value is -2.38. The van der Waals surface area contributed by atoms with Crippen LogP contribution in [-0.4, -0.2) is 31.4 Å². The lowest BCUT2D eigenvalue weighted by Gasteiger charge is -2.10. The van der Waals surface area contributed by atoms with Crippen molar-refractivity contribution < 1.29 is 23.9 Å². The number of nitrogens with one attached hydrogen (secondary N) is 1. The molecule has 0 aliphatic rings. The third kappa shape index (κ3) is 5.88. The molecule has 8 heteroatoms. The number of rotatable bonds is 8. The number of amides is 1. The third-order valence-corrected chi connectivity index (χ3v) is 4.30. The van der Waals surface area contributed by atoms with Crippen LogP contribution in [0, 0.1) is 0 Å². The zero-order chi connectivity index (χ0) is 18.2. The summed E-state index contributed by atoms with van der Waals surface area (Å²) >= 11 is 7.19. The number of ether oxygens (including phenoxy) is 2. The minimum atomic E-state index is -0.613. The van der Waals surface area contributed by atoms with Crippen LogP contribution in [0.15, 0.2) is 35.7 Å². The Kier molecular flexibility index (Phi) is 6.97. The van der Waals surface area contributed by atoms with Crippen LogP contribution in [-0.2, 0) is 14.3 Å². The fourth-order valence-electron chi connectivity index (χ4n) is 1.96. The molecule has 0 bridgehead atoms. The standard InChI is InChI=1S/C17H16ClNO5S/c1-23-14-6-4-11(18)9-12(14)19-16(21)10-24-17(22)7-5-13(20)15-3-2-8-25-15/h2-4,6,8-9H,5,7,10H2,1H3,(H,19,21). The highest BCUT2D eigenvalue weighted by atomic mass is 35.5. The van der Waals surface area contributed by atoms with Crippen molar-refractivity contribution in [2.75, 3.05) is 19.0 Å². The summed E-state index contributed by atoms with van der Waals surface area (Å²) in [5, 5.41) is 4.78. The van der Waals surface area contributed by atoms with Gasteiger partial charge in [-0.05, 0) is 29.6 Å². The van der Waals surface area contributed by atoms with Crippen molar-refractivity contribution in [2.24, 2.45) is 0 Å². The summed E-state index contributed by atoms with van der Waals surface area (Å²) < 4.78 is 9.98. The molecule has 6 nitrogen and oxygen atoms in total. The van der Waals surface area contributed by atoms with Gasteiger partial charge in [-0.3, -0.25) is 14.4 Å². The van der Waals surface area contributed by atoms with Gasteiger partial charge in [0.25, 0.3) is 5.91 Å². The van der Waals surface area contributed by atoms with Gasteiger partial charge in [-0.2, -0.15) is 0 Å². The molecule has 1 N–H and O–H groups in total. The second-order valence-electron chi connectivity index (χ2n) is 4.95. The summed E-state index contributed by atoms with van der Waals surface area (Å²) in [7, 11) is 1.46. The molecule has 0 atom stereocenters.